The highest BCUT2D eigenvalue weighted by Gasteiger charge is 2.58. The molecule has 6 nitrogen and oxygen atoms in total. The van der Waals surface area contributed by atoms with E-state index in [4.69, 9.17) is 10.5 Å². The summed E-state index contributed by atoms with van der Waals surface area (Å²) in [6, 6.07) is 8.78. The lowest BCUT2D eigenvalue weighted by Gasteiger charge is -2.13. The molecule has 2 aliphatic heterocycles. The Morgan fingerprint density at radius 2 is 1.39 bits per heavy atom. The summed E-state index contributed by atoms with van der Waals surface area (Å²) >= 11 is 0. The molecule has 1 saturated heterocycles. The van der Waals surface area contributed by atoms with E-state index >= 15 is 0 Å². The molecule has 0 radical (unpaired) electrons. The Labute approximate surface area is 102 Å². The summed E-state index contributed by atoms with van der Waals surface area (Å²) in [6.07, 6.45) is 0. The molecule has 0 saturated carbocycles. The fraction of sp³-hybridized carbons (Fsp3) is 0.167. The van der Waals surface area contributed by atoms with Crippen molar-refractivity contribution in [3.8, 4) is 12.1 Å². The van der Waals surface area contributed by atoms with Gasteiger partial charge in [0.1, 0.15) is 12.1 Å². The predicted molar refractivity (Wildman–Crippen MR) is 57.6 cm³/mol. The van der Waals surface area contributed by atoms with Gasteiger partial charge < -0.3 is 0 Å². The first-order valence-corrected chi connectivity index (χ1v) is 5.26. The van der Waals surface area contributed by atoms with E-state index in [0.717, 1.165) is 5.01 Å². The smallest absolute Gasteiger partial charge is 0.267 e. The first-order valence-electron chi connectivity index (χ1n) is 5.26. The van der Waals surface area contributed by atoms with Gasteiger partial charge in [-0.1, -0.05) is 12.1 Å². The van der Waals surface area contributed by atoms with Crippen LogP contribution in [0.25, 0.3) is 0 Å². The molecule has 1 fully saturated rings. The van der Waals surface area contributed by atoms with E-state index in [0.29, 0.717) is 11.1 Å². The van der Waals surface area contributed by atoms with Gasteiger partial charge in [0.05, 0.1) is 23.3 Å². The molecule has 0 aromatic heterocycles. The molecule has 18 heavy (non-hydrogen) atoms. The zero-order valence-electron chi connectivity index (χ0n) is 9.07. The minimum Gasteiger partial charge on any atom is -0.267 e. The molecule has 3 rings (SSSR count). The van der Waals surface area contributed by atoms with Gasteiger partial charge in [-0.15, -0.1) is 0 Å². The Morgan fingerprint density at radius 1 is 0.944 bits per heavy atom. The van der Waals surface area contributed by atoms with Crippen molar-refractivity contribution in [2.75, 3.05) is 0 Å². The maximum atomic E-state index is 12.1. The van der Waals surface area contributed by atoms with Crippen molar-refractivity contribution in [2.45, 2.75) is 12.1 Å². The molecular formula is C12H6N4O2. The van der Waals surface area contributed by atoms with Crippen LogP contribution >= 0.6 is 0 Å². The fourth-order valence-corrected chi connectivity index (χ4v) is 2.11. The summed E-state index contributed by atoms with van der Waals surface area (Å²) in [5, 5.41) is 19.8. The lowest BCUT2D eigenvalue weighted by molar-refractivity contribution is 0.0369. The number of rotatable bonds is 1. The third-order valence-corrected chi connectivity index (χ3v) is 3.05. The molecule has 2 heterocycles. The first-order chi connectivity index (χ1) is 8.70. The van der Waals surface area contributed by atoms with Crippen LogP contribution < -0.4 is 0 Å². The predicted octanol–water partition coefficient (Wildman–Crippen LogP) is 0.298. The van der Waals surface area contributed by atoms with Gasteiger partial charge in [-0.3, -0.25) is 9.59 Å². The van der Waals surface area contributed by atoms with Crippen LogP contribution in [0.4, 0.5) is 0 Å². The van der Waals surface area contributed by atoms with E-state index in [-0.39, 0.29) is 0 Å². The number of hydrogen-bond donors (Lipinski definition) is 0. The number of carbonyl (C=O) groups is 2. The van der Waals surface area contributed by atoms with E-state index in [1.165, 1.54) is 5.01 Å². The molecule has 2 aliphatic rings. The van der Waals surface area contributed by atoms with Crippen LogP contribution in [0.5, 0.6) is 0 Å². The topological polar surface area (TPSA) is 88.0 Å². The summed E-state index contributed by atoms with van der Waals surface area (Å²) in [5.41, 5.74) is 0.616. The number of hydrazine groups is 1. The molecule has 1 aromatic rings. The van der Waals surface area contributed by atoms with Crippen molar-refractivity contribution in [1.29, 1.82) is 10.5 Å². The highest BCUT2D eigenvalue weighted by molar-refractivity contribution is 6.21. The number of nitriles is 2. The highest BCUT2D eigenvalue weighted by Crippen LogP contribution is 2.35. The minimum atomic E-state index is -0.725. The SMILES string of the molecule is N#C[C@H]1[C@H](C#N)N1N1C(=O)c2ccccc2C1=O. The number of imide groups is 1. The first kappa shape index (κ1) is 10.5. The standard InChI is InChI=1S/C12H6N4O2/c13-5-9-10(6-14)15(9)16-11(17)7-3-1-2-4-8(7)12(16)18/h1-4,9-10H/t9-,10-/m0/s1. The second-order valence-corrected chi connectivity index (χ2v) is 4.00. The minimum absolute atomic E-state index is 0.308. The third-order valence-electron chi connectivity index (χ3n) is 3.05. The van der Waals surface area contributed by atoms with E-state index in [1.807, 2.05) is 12.1 Å². The number of amides is 2. The molecule has 1 aromatic carbocycles. The van der Waals surface area contributed by atoms with Crippen molar-refractivity contribution in [2.24, 2.45) is 0 Å². The molecule has 0 unspecified atom stereocenters. The molecule has 2 atom stereocenters. The van der Waals surface area contributed by atoms with Crippen molar-refractivity contribution in [3.63, 3.8) is 0 Å². The third kappa shape index (κ3) is 1.12. The summed E-state index contributed by atoms with van der Waals surface area (Å²) in [5.74, 6) is -0.956. The van der Waals surface area contributed by atoms with Crippen molar-refractivity contribution < 1.29 is 9.59 Å². The van der Waals surface area contributed by atoms with Crippen LogP contribution in [0.2, 0.25) is 0 Å². The number of benzene rings is 1. The monoisotopic (exact) mass is 238 g/mol. The molecule has 0 aliphatic carbocycles. The number of hydrogen-bond acceptors (Lipinski definition) is 5. The lowest BCUT2D eigenvalue weighted by atomic mass is 10.1. The molecule has 0 N–H and O–H groups in total. The van der Waals surface area contributed by atoms with Crippen LogP contribution in [-0.4, -0.2) is 33.9 Å². The van der Waals surface area contributed by atoms with Crippen LogP contribution in [0.3, 0.4) is 0 Å². The molecule has 2 amide bonds. The van der Waals surface area contributed by atoms with E-state index < -0.39 is 23.9 Å². The van der Waals surface area contributed by atoms with Crippen molar-refractivity contribution in [1.82, 2.24) is 10.0 Å². The van der Waals surface area contributed by atoms with Gasteiger partial charge in [-0.2, -0.15) is 20.5 Å². The number of carbonyl (C=O) groups excluding carboxylic acids is 2. The van der Waals surface area contributed by atoms with Crippen molar-refractivity contribution in [3.05, 3.63) is 35.4 Å². The Bertz CT molecular complexity index is 600. The average molecular weight is 238 g/mol. The summed E-state index contributed by atoms with van der Waals surface area (Å²) in [4.78, 5) is 24.1. The van der Waals surface area contributed by atoms with Gasteiger partial charge in [0.2, 0.25) is 0 Å². The van der Waals surface area contributed by atoms with Gasteiger partial charge in [0, 0.05) is 0 Å². The Kier molecular flexibility index (Phi) is 1.97. The zero-order chi connectivity index (χ0) is 12.9. The molecular weight excluding hydrogens is 232 g/mol. The van der Waals surface area contributed by atoms with E-state index in [9.17, 15) is 9.59 Å². The number of nitrogens with zero attached hydrogens (tertiary/aromatic N) is 4. The summed E-state index contributed by atoms with van der Waals surface area (Å²) in [7, 11) is 0. The largest absolute Gasteiger partial charge is 0.276 e. The maximum Gasteiger partial charge on any atom is 0.276 e. The van der Waals surface area contributed by atoms with Gasteiger partial charge >= 0.3 is 0 Å². The molecule has 0 bridgehead atoms. The quantitative estimate of drug-likeness (QED) is 0.518. The number of fused-ring (bicyclic) bond motifs is 1. The average Bonchev–Trinajstić information content (AvgIpc) is 3.05. The van der Waals surface area contributed by atoms with Gasteiger partial charge in [0.15, 0.2) is 0 Å². The highest BCUT2D eigenvalue weighted by atomic mass is 16.2. The van der Waals surface area contributed by atoms with Crippen LogP contribution in [0.15, 0.2) is 24.3 Å². The Hall–Kier alpha value is -2.70. The molecule has 6 heteroatoms. The van der Waals surface area contributed by atoms with Crippen LogP contribution in [0, 0.1) is 22.7 Å². The lowest BCUT2D eigenvalue weighted by Crippen LogP contribution is -2.37. The van der Waals surface area contributed by atoms with E-state index in [2.05, 4.69) is 0 Å². The second kappa shape index (κ2) is 3.39. The Morgan fingerprint density at radius 3 is 1.78 bits per heavy atom. The van der Waals surface area contributed by atoms with Gasteiger partial charge in [0.25, 0.3) is 11.8 Å². The van der Waals surface area contributed by atoms with Crippen LogP contribution in [0.1, 0.15) is 20.7 Å². The fourth-order valence-electron chi connectivity index (χ4n) is 2.11. The van der Waals surface area contributed by atoms with Crippen LogP contribution in [-0.2, 0) is 0 Å². The normalized spacial score (nSPS) is 28.6. The van der Waals surface area contributed by atoms with E-state index in [1.54, 1.807) is 24.3 Å². The summed E-state index contributed by atoms with van der Waals surface area (Å²) < 4.78 is 0. The Balaban J connectivity index is 2.00. The van der Waals surface area contributed by atoms with Gasteiger partial charge in [-0.25, -0.2) is 0 Å². The maximum absolute atomic E-state index is 12.1. The zero-order valence-corrected chi connectivity index (χ0v) is 9.07. The summed E-state index contributed by atoms with van der Waals surface area (Å²) in [6.45, 7) is 0. The molecule has 86 valence electrons. The van der Waals surface area contributed by atoms with Gasteiger partial charge in [-0.05, 0) is 12.1 Å². The second-order valence-electron chi connectivity index (χ2n) is 4.00. The van der Waals surface area contributed by atoms with Crippen molar-refractivity contribution >= 4 is 11.8 Å². The molecule has 0 spiro atoms.